The zero-order valence-electron chi connectivity index (χ0n) is 11.7. The van der Waals surface area contributed by atoms with Gasteiger partial charge in [0.05, 0.1) is 31.1 Å². The van der Waals surface area contributed by atoms with Crippen LogP contribution < -0.4 is 4.74 Å². The fourth-order valence-corrected chi connectivity index (χ4v) is 2.76. The fraction of sp³-hybridized carbons (Fsp3) is 0.312. The average molecular weight is 287 g/mol. The summed E-state index contributed by atoms with van der Waals surface area (Å²) in [7, 11) is 1.61. The van der Waals surface area contributed by atoms with Crippen molar-refractivity contribution in [2.24, 2.45) is 0 Å². The number of aliphatic hydroxyl groups excluding tert-OH is 1. The van der Waals surface area contributed by atoms with Crippen molar-refractivity contribution in [3.8, 4) is 5.75 Å². The van der Waals surface area contributed by atoms with E-state index in [1.165, 1.54) is 12.5 Å². The number of benzene rings is 1. The number of β-amino-alcohol motifs (C(OH)–C–C–N with tert-alkyl or cyclic N) is 1. The van der Waals surface area contributed by atoms with E-state index in [-0.39, 0.29) is 11.9 Å². The number of aliphatic hydroxyl groups is 1. The molecule has 5 nitrogen and oxygen atoms in total. The van der Waals surface area contributed by atoms with Crippen molar-refractivity contribution in [3.63, 3.8) is 0 Å². The minimum absolute atomic E-state index is 0.131. The molecule has 2 aromatic rings. The lowest BCUT2D eigenvalue weighted by Gasteiger charge is -2.24. The molecular formula is C16H17NO4. The Morgan fingerprint density at radius 1 is 1.43 bits per heavy atom. The summed E-state index contributed by atoms with van der Waals surface area (Å²) in [4.78, 5) is 14.2. The molecule has 1 aromatic heterocycles. The van der Waals surface area contributed by atoms with E-state index in [1.807, 2.05) is 24.3 Å². The fourth-order valence-electron chi connectivity index (χ4n) is 2.76. The Hall–Kier alpha value is -2.27. The second-order valence-corrected chi connectivity index (χ2v) is 5.15. The topological polar surface area (TPSA) is 62.9 Å². The quantitative estimate of drug-likeness (QED) is 0.940. The van der Waals surface area contributed by atoms with E-state index in [1.54, 1.807) is 18.1 Å². The molecule has 1 saturated heterocycles. The maximum Gasteiger partial charge on any atom is 0.257 e. The van der Waals surface area contributed by atoms with Crippen molar-refractivity contribution in [3.05, 3.63) is 54.0 Å². The Labute approximate surface area is 122 Å². The van der Waals surface area contributed by atoms with Gasteiger partial charge in [0.15, 0.2) is 0 Å². The summed E-state index contributed by atoms with van der Waals surface area (Å²) in [5.41, 5.74) is 1.46. The molecule has 110 valence electrons. The summed E-state index contributed by atoms with van der Waals surface area (Å²) in [5.74, 6) is 0.609. The standard InChI is InChI=1S/C16H17NO4/c1-20-14-4-2-3-11(7-14)15-8-13(18)9-17(15)16(19)12-5-6-21-10-12/h2-7,10,13,15,18H,8-9H2,1H3/t13-,15-/m0/s1. The van der Waals surface area contributed by atoms with E-state index < -0.39 is 6.10 Å². The number of nitrogens with zero attached hydrogens (tertiary/aromatic N) is 1. The summed E-state index contributed by atoms with van der Waals surface area (Å²) in [6.45, 7) is 0.325. The average Bonchev–Trinajstić information content (AvgIpc) is 3.16. The van der Waals surface area contributed by atoms with Crippen LogP contribution in [0.1, 0.15) is 28.4 Å². The molecule has 1 aliphatic heterocycles. The van der Waals surface area contributed by atoms with Gasteiger partial charge in [-0.1, -0.05) is 12.1 Å². The first-order valence-electron chi connectivity index (χ1n) is 6.84. The highest BCUT2D eigenvalue weighted by atomic mass is 16.5. The molecule has 3 rings (SSSR count). The van der Waals surface area contributed by atoms with Gasteiger partial charge in [-0.2, -0.15) is 0 Å². The lowest BCUT2D eigenvalue weighted by molar-refractivity contribution is 0.0715. The van der Waals surface area contributed by atoms with Crippen LogP contribution in [0.15, 0.2) is 47.3 Å². The van der Waals surface area contributed by atoms with Gasteiger partial charge < -0.3 is 19.2 Å². The van der Waals surface area contributed by atoms with Crippen molar-refractivity contribution in [1.82, 2.24) is 4.90 Å². The first-order chi connectivity index (χ1) is 10.2. The molecule has 0 radical (unpaired) electrons. The summed E-state index contributed by atoms with van der Waals surface area (Å²) < 4.78 is 10.2. The Morgan fingerprint density at radius 2 is 2.29 bits per heavy atom. The van der Waals surface area contributed by atoms with Crippen LogP contribution in [0.4, 0.5) is 0 Å². The van der Waals surface area contributed by atoms with Gasteiger partial charge in [0.1, 0.15) is 12.0 Å². The van der Waals surface area contributed by atoms with Gasteiger partial charge in [-0.3, -0.25) is 4.79 Å². The number of ether oxygens (including phenoxy) is 1. The van der Waals surface area contributed by atoms with Crippen LogP contribution in [0.25, 0.3) is 0 Å². The highest BCUT2D eigenvalue weighted by Crippen LogP contribution is 2.34. The number of carbonyl (C=O) groups excluding carboxylic acids is 1. The second-order valence-electron chi connectivity index (χ2n) is 5.15. The molecule has 5 heteroatoms. The van der Waals surface area contributed by atoms with Crippen LogP contribution in [0, 0.1) is 0 Å². The number of likely N-dealkylation sites (tertiary alicyclic amines) is 1. The highest BCUT2D eigenvalue weighted by Gasteiger charge is 2.36. The van der Waals surface area contributed by atoms with E-state index in [0.29, 0.717) is 18.5 Å². The normalized spacial score (nSPS) is 21.5. The number of hydrogen-bond acceptors (Lipinski definition) is 4. The third kappa shape index (κ3) is 2.64. The third-order valence-corrected chi connectivity index (χ3v) is 3.79. The molecular weight excluding hydrogens is 270 g/mol. The van der Waals surface area contributed by atoms with Crippen LogP contribution in [-0.2, 0) is 0 Å². The number of carbonyl (C=O) groups is 1. The molecule has 1 N–H and O–H groups in total. The smallest absolute Gasteiger partial charge is 0.257 e. The highest BCUT2D eigenvalue weighted by molar-refractivity contribution is 5.94. The lowest BCUT2D eigenvalue weighted by atomic mass is 10.0. The minimum Gasteiger partial charge on any atom is -0.497 e. The summed E-state index contributed by atoms with van der Waals surface area (Å²) in [6, 6.07) is 9.07. The van der Waals surface area contributed by atoms with Crippen molar-refractivity contribution >= 4 is 5.91 Å². The predicted octanol–water partition coefficient (Wildman–Crippen LogP) is 2.24. The van der Waals surface area contributed by atoms with Gasteiger partial charge in [0.25, 0.3) is 5.91 Å². The molecule has 1 aromatic carbocycles. The molecule has 21 heavy (non-hydrogen) atoms. The van der Waals surface area contributed by atoms with Crippen LogP contribution in [0.3, 0.4) is 0 Å². The largest absolute Gasteiger partial charge is 0.497 e. The van der Waals surface area contributed by atoms with Gasteiger partial charge in [-0.05, 0) is 30.2 Å². The number of rotatable bonds is 3. The summed E-state index contributed by atoms with van der Waals surface area (Å²) >= 11 is 0. The van der Waals surface area contributed by atoms with Gasteiger partial charge in [0.2, 0.25) is 0 Å². The molecule has 1 amide bonds. The van der Waals surface area contributed by atoms with Gasteiger partial charge in [-0.15, -0.1) is 0 Å². The number of methoxy groups -OCH3 is 1. The van der Waals surface area contributed by atoms with E-state index in [4.69, 9.17) is 9.15 Å². The molecule has 0 saturated carbocycles. The molecule has 1 aliphatic rings. The number of furan rings is 1. The molecule has 2 heterocycles. The maximum atomic E-state index is 12.5. The van der Waals surface area contributed by atoms with Gasteiger partial charge >= 0.3 is 0 Å². The van der Waals surface area contributed by atoms with E-state index in [0.717, 1.165) is 11.3 Å². The van der Waals surface area contributed by atoms with Crippen LogP contribution in [0.2, 0.25) is 0 Å². The monoisotopic (exact) mass is 287 g/mol. The van der Waals surface area contributed by atoms with Crippen molar-refractivity contribution in [2.75, 3.05) is 13.7 Å². The van der Waals surface area contributed by atoms with Crippen LogP contribution >= 0.6 is 0 Å². The van der Waals surface area contributed by atoms with E-state index in [2.05, 4.69) is 0 Å². The Morgan fingerprint density at radius 3 is 3.00 bits per heavy atom. The summed E-state index contributed by atoms with van der Waals surface area (Å²) in [5, 5.41) is 9.96. The van der Waals surface area contributed by atoms with Crippen molar-refractivity contribution in [1.29, 1.82) is 0 Å². The van der Waals surface area contributed by atoms with Crippen molar-refractivity contribution < 1.29 is 19.1 Å². The molecule has 1 fully saturated rings. The first-order valence-corrected chi connectivity index (χ1v) is 6.84. The summed E-state index contributed by atoms with van der Waals surface area (Å²) in [6.07, 6.45) is 2.91. The number of hydrogen-bond donors (Lipinski definition) is 1. The Bertz CT molecular complexity index is 623. The zero-order chi connectivity index (χ0) is 14.8. The number of amides is 1. The third-order valence-electron chi connectivity index (χ3n) is 3.79. The van der Waals surface area contributed by atoms with Gasteiger partial charge in [-0.25, -0.2) is 0 Å². The molecule has 0 aliphatic carbocycles. The van der Waals surface area contributed by atoms with Crippen LogP contribution in [-0.4, -0.2) is 35.7 Å². The predicted molar refractivity (Wildman–Crippen MR) is 76.1 cm³/mol. The first kappa shape index (κ1) is 13.7. The molecule has 0 bridgehead atoms. The molecule has 2 atom stereocenters. The minimum atomic E-state index is -0.517. The molecule has 0 spiro atoms. The van der Waals surface area contributed by atoms with E-state index >= 15 is 0 Å². The zero-order valence-corrected chi connectivity index (χ0v) is 11.7. The van der Waals surface area contributed by atoms with Gasteiger partial charge in [0, 0.05) is 6.54 Å². The SMILES string of the molecule is COc1cccc([C@@H]2C[C@H](O)CN2C(=O)c2ccoc2)c1. The maximum absolute atomic E-state index is 12.5. The Balaban J connectivity index is 1.90. The van der Waals surface area contributed by atoms with E-state index in [9.17, 15) is 9.90 Å². The second kappa shape index (κ2) is 5.61. The molecule has 0 unspecified atom stereocenters. The lowest BCUT2D eigenvalue weighted by Crippen LogP contribution is -2.31. The van der Waals surface area contributed by atoms with Crippen LogP contribution in [0.5, 0.6) is 5.75 Å². The van der Waals surface area contributed by atoms with Crippen molar-refractivity contribution in [2.45, 2.75) is 18.6 Å². The Kier molecular flexibility index (Phi) is 3.66.